The maximum atomic E-state index is 5.72. The van der Waals surface area contributed by atoms with Crippen molar-refractivity contribution in [2.24, 2.45) is 0 Å². The van der Waals surface area contributed by atoms with E-state index in [0.29, 0.717) is 31.7 Å². The molecular formula is C18H23N3O3. The molecule has 0 spiro atoms. The van der Waals surface area contributed by atoms with Crippen LogP contribution in [0.1, 0.15) is 49.5 Å². The fraction of sp³-hybridized carbons (Fsp3) is 0.556. The van der Waals surface area contributed by atoms with Gasteiger partial charge in [-0.25, -0.2) is 0 Å². The smallest absolute Gasteiger partial charge is 0.240 e. The number of aromatic nitrogens is 2. The molecule has 6 nitrogen and oxygen atoms in total. The zero-order valence-electron chi connectivity index (χ0n) is 14.0. The molecule has 2 aromatic rings. The summed E-state index contributed by atoms with van der Waals surface area (Å²) in [6.45, 7) is 5.11. The highest BCUT2D eigenvalue weighted by Gasteiger charge is 2.28. The Bertz CT molecular complexity index is 701. The minimum atomic E-state index is 0.363. The number of aryl methyl sites for hydroxylation is 1. The van der Waals surface area contributed by atoms with E-state index in [0.717, 1.165) is 43.1 Å². The zero-order chi connectivity index (χ0) is 16.4. The van der Waals surface area contributed by atoms with Crippen molar-refractivity contribution in [3.63, 3.8) is 0 Å². The molecule has 2 aliphatic rings. The van der Waals surface area contributed by atoms with Gasteiger partial charge in [0.1, 0.15) is 13.2 Å². The molecule has 0 N–H and O–H groups in total. The topological polar surface area (TPSA) is 60.6 Å². The molecule has 2 aliphatic heterocycles. The van der Waals surface area contributed by atoms with Crippen LogP contribution >= 0.6 is 0 Å². The zero-order valence-corrected chi connectivity index (χ0v) is 14.0. The van der Waals surface area contributed by atoms with E-state index < -0.39 is 0 Å². The first-order valence-corrected chi connectivity index (χ1v) is 8.78. The molecule has 0 bridgehead atoms. The fourth-order valence-electron chi connectivity index (χ4n) is 3.51. The van der Waals surface area contributed by atoms with Gasteiger partial charge in [0.15, 0.2) is 17.3 Å². The maximum absolute atomic E-state index is 5.72. The molecule has 24 heavy (non-hydrogen) atoms. The molecule has 0 amide bonds. The van der Waals surface area contributed by atoms with E-state index in [1.54, 1.807) is 0 Å². The second-order valence-corrected chi connectivity index (χ2v) is 6.39. The number of hydrogen-bond donors (Lipinski definition) is 0. The molecule has 1 aromatic carbocycles. The summed E-state index contributed by atoms with van der Waals surface area (Å²) >= 11 is 0. The van der Waals surface area contributed by atoms with Crippen LogP contribution in [0.4, 0.5) is 0 Å². The van der Waals surface area contributed by atoms with Crippen molar-refractivity contribution in [1.29, 1.82) is 0 Å². The highest BCUT2D eigenvalue weighted by molar-refractivity contribution is 5.44. The number of ether oxygens (including phenoxy) is 2. The Labute approximate surface area is 141 Å². The van der Waals surface area contributed by atoms with Crippen molar-refractivity contribution in [1.82, 2.24) is 15.0 Å². The van der Waals surface area contributed by atoms with E-state index in [9.17, 15) is 0 Å². The third kappa shape index (κ3) is 3.11. The molecule has 4 rings (SSSR count). The van der Waals surface area contributed by atoms with Gasteiger partial charge in [0.2, 0.25) is 5.89 Å². The van der Waals surface area contributed by atoms with E-state index in [1.807, 2.05) is 6.07 Å². The Kier molecular flexibility index (Phi) is 4.38. The van der Waals surface area contributed by atoms with Gasteiger partial charge >= 0.3 is 0 Å². The number of hydrogen-bond acceptors (Lipinski definition) is 6. The third-order valence-electron chi connectivity index (χ3n) is 4.64. The first-order valence-electron chi connectivity index (χ1n) is 8.78. The van der Waals surface area contributed by atoms with Crippen LogP contribution in [0.5, 0.6) is 11.5 Å². The summed E-state index contributed by atoms with van der Waals surface area (Å²) < 4.78 is 16.7. The van der Waals surface area contributed by atoms with E-state index in [-0.39, 0.29) is 0 Å². The summed E-state index contributed by atoms with van der Waals surface area (Å²) in [4.78, 5) is 6.91. The SMILES string of the molecule is CCCc1noc(CN2CCC[C@@H]2c2ccc3c(c2)OCCO3)n1. The lowest BCUT2D eigenvalue weighted by Gasteiger charge is -2.25. The third-order valence-corrected chi connectivity index (χ3v) is 4.64. The second kappa shape index (κ2) is 6.81. The van der Waals surface area contributed by atoms with Gasteiger partial charge in [0.25, 0.3) is 0 Å². The minimum Gasteiger partial charge on any atom is -0.486 e. The lowest BCUT2D eigenvalue weighted by molar-refractivity contribution is 0.170. The van der Waals surface area contributed by atoms with Crippen molar-refractivity contribution in [3.8, 4) is 11.5 Å². The van der Waals surface area contributed by atoms with Crippen LogP contribution in [0.15, 0.2) is 22.7 Å². The normalized spacial score (nSPS) is 20.5. The number of rotatable bonds is 5. The predicted octanol–water partition coefficient (Wildman–Crippen LogP) is 3.13. The van der Waals surface area contributed by atoms with Gasteiger partial charge in [0, 0.05) is 12.5 Å². The predicted molar refractivity (Wildman–Crippen MR) is 88.1 cm³/mol. The Morgan fingerprint density at radius 1 is 1.21 bits per heavy atom. The molecule has 1 fully saturated rings. The molecule has 128 valence electrons. The van der Waals surface area contributed by atoms with Gasteiger partial charge in [0.05, 0.1) is 6.54 Å². The highest BCUT2D eigenvalue weighted by Crippen LogP contribution is 2.38. The number of fused-ring (bicyclic) bond motifs is 1. The van der Waals surface area contributed by atoms with E-state index >= 15 is 0 Å². The summed E-state index contributed by atoms with van der Waals surface area (Å²) in [5.41, 5.74) is 1.27. The number of benzene rings is 1. The molecule has 0 radical (unpaired) electrons. The number of likely N-dealkylation sites (tertiary alicyclic amines) is 1. The molecule has 1 saturated heterocycles. The average molecular weight is 329 g/mol. The van der Waals surface area contributed by atoms with Gasteiger partial charge in [-0.2, -0.15) is 4.98 Å². The van der Waals surface area contributed by atoms with Gasteiger partial charge in [-0.15, -0.1) is 0 Å². The van der Waals surface area contributed by atoms with Crippen LogP contribution in [0.25, 0.3) is 0 Å². The first-order chi connectivity index (χ1) is 11.8. The Morgan fingerprint density at radius 2 is 2.08 bits per heavy atom. The number of nitrogens with zero attached hydrogens (tertiary/aromatic N) is 3. The fourth-order valence-corrected chi connectivity index (χ4v) is 3.51. The summed E-state index contributed by atoms with van der Waals surface area (Å²) in [6, 6.07) is 6.65. The lowest BCUT2D eigenvalue weighted by Crippen LogP contribution is -2.23. The standard InChI is InChI=1S/C18H23N3O3/c1-2-4-17-19-18(24-20-17)12-21-8-3-5-14(21)13-6-7-15-16(11-13)23-10-9-22-15/h6-7,11,14H,2-5,8-10,12H2,1H3/t14-/m1/s1. The largest absolute Gasteiger partial charge is 0.486 e. The van der Waals surface area contributed by atoms with Crippen LogP contribution in [-0.4, -0.2) is 34.8 Å². The summed E-state index contributed by atoms with van der Waals surface area (Å²) in [5.74, 6) is 3.22. The minimum absolute atomic E-state index is 0.363. The van der Waals surface area contributed by atoms with Crippen LogP contribution in [0.2, 0.25) is 0 Å². The van der Waals surface area contributed by atoms with Crippen molar-refractivity contribution in [3.05, 3.63) is 35.5 Å². The van der Waals surface area contributed by atoms with Crippen LogP contribution in [0.3, 0.4) is 0 Å². The molecule has 3 heterocycles. The molecule has 0 aliphatic carbocycles. The maximum Gasteiger partial charge on any atom is 0.240 e. The molecule has 6 heteroatoms. The van der Waals surface area contributed by atoms with Gasteiger partial charge in [-0.3, -0.25) is 4.90 Å². The Morgan fingerprint density at radius 3 is 2.96 bits per heavy atom. The lowest BCUT2D eigenvalue weighted by atomic mass is 10.0. The van der Waals surface area contributed by atoms with Crippen LogP contribution < -0.4 is 9.47 Å². The first kappa shape index (κ1) is 15.4. The van der Waals surface area contributed by atoms with E-state index in [2.05, 4.69) is 34.1 Å². The monoisotopic (exact) mass is 329 g/mol. The quantitative estimate of drug-likeness (QED) is 0.840. The van der Waals surface area contributed by atoms with Gasteiger partial charge < -0.3 is 14.0 Å². The van der Waals surface area contributed by atoms with E-state index in [4.69, 9.17) is 14.0 Å². The second-order valence-electron chi connectivity index (χ2n) is 6.39. The average Bonchev–Trinajstić information content (AvgIpc) is 3.25. The van der Waals surface area contributed by atoms with Gasteiger partial charge in [-0.1, -0.05) is 18.1 Å². The molecule has 1 aromatic heterocycles. The molecule has 0 saturated carbocycles. The van der Waals surface area contributed by atoms with Gasteiger partial charge in [-0.05, 0) is 43.5 Å². The van der Waals surface area contributed by atoms with Crippen molar-refractivity contribution in [2.75, 3.05) is 19.8 Å². The van der Waals surface area contributed by atoms with E-state index in [1.165, 1.54) is 12.0 Å². The van der Waals surface area contributed by atoms with Crippen molar-refractivity contribution in [2.45, 2.75) is 45.2 Å². The summed E-state index contributed by atoms with van der Waals surface area (Å²) in [7, 11) is 0. The van der Waals surface area contributed by atoms with Crippen LogP contribution in [-0.2, 0) is 13.0 Å². The summed E-state index contributed by atoms with van der Waals surface area (Å²) in [5, 5.41) is 4.05. The van der Waals surface area contributed by atoms with Crippen molar-refractivity contribution >= 4 is 0 Å². The highest BCUT2D eigenvalue weighted by atomic mass is 16.6. The molecular weight excluding hydrogens is 306 g/mol. The summed E-state index contributed by atoms with van der Waals surface area (Å²) in [6.07, 6.45) is 4.21. The molecule has 1 atom stereocenters. The molecule has 0 unspecified atom stereocenters. The Balaban J connectivity index is 1.49. The van der Waals surface area contributed by atoms with Crippen LogP contribution in [0, 0.1) is 0 Å². The Hall–Kier alpha value is -2.08. The van der Waals surface area contributed by atoms with Crippen molar-refractivity contribution < 1.29 is 14.0 Å².